The zero-order chi connectivity index (χ0) is 32.5. The second-order valence-corrected chi connectivity index (χ2v) is 13.5. The molecule has 6 atom stereocenters. The number of fused-ring (bicyclic) bond motifs is 5. The maximum absolute atomic E-state index is 14.0. The van der Waals surface area contributed by atoms with Crippen LogP contribution in [0.1, 0.15) is 78.3 Å². The van der Waals surface area contributed by atoms with Crippen LogP contribution in [0.25, 0.3) is 11.0 Å². The Morgan fingerprint density at radius 1 is 0.978 bits per heavy atom. The van der Waals surface area contributed by atoms with Crippen LogP contribution in [-0.2, 0) is 20.7 Å². The minimum atomic E-state index is -4.87. The summed E-state index contributed by atoms with van der Waals surface area (Å²) in [5.74, 6) is -0.942. The first-order valence-electron chi connectivity index (χ1n) is 15.7. The highest BCUT2D eigenvalue weighted by atomic mass is 19.4. The summed E-state index contributed by atoms with van der Waals surface area (Å²) >= 11 is 0. The van der Waals surface area contributed by atoms with E-state index in [1.54, 1.807) is 6.92 Å². The molecule has 246 valence electrons. The first kappa shape index (κ1) is 32.7. The molecule has 10 nitrogen and oxygen atoms in total. The second-order valence-electron chi connectivity index (χ2n) is 13.5. The Kier molecular flexibility index (Phi) is 9.46. The number of carbonyl (C=O) groups is 3. The summed E-state index contributed by atoms with van der Waals surface area (Å²) in [7, 11) is 0. The number of rotatable bonds is 2. The fourth-order valence-electron chi connectivity index (χ4n) is 6.68. The smallest absolute Gasteiger partial charge is 0.471 e. The molecule has 2 fully saturated rings. The Balaban J connectivity index is 1.50. The van der Waals surface area contributed by atoms with E-state index in [2.05, 4.69) is 15.0 Å². The predicted octanol–water partition coefficient (Wildman–Crippen LogP) is 5.75. The highest BCUT2D eigenvalue weighted by Crippen LogP contribution is 2.35. The number of benzene rings is 1. The van der Waals surface area contributed by atoms with E-state index in [0.717, 1.165) is 51.0 Å². The van der Waals surface area contributed by atoms with Gasteiger partial charge in [0.25, 0.3) is 0 Å². The van der Waals surface area contributed by atoms with Gasteiger partial charge in [0.1, 0.15) is 36.0 Å². The van der Waals surface area contributed by atoms with Crippen molar-refractivity contribution in [2.24, 2.45) is 17.3 Å². The van der Waals surface area contributed by atoms with Gasteiger partial charge >= 0.3 is 12.5 Å². The molecule has 3 aliphatic rings. The van der Waals surface area contributed by atoms with E-state index in [1.807, 2.05) is 20.8 Å². The number of ether oxygens (including phenoxy) is 3. The largest absolute Gasteiger partial charge is 0.573 e. The SMILES string of the molecule is C[C@@H]1[C@@H]2CN(C(=O)[C@H](C(C)(C)C)NC(=O)O[C@@H]3CCC[C@H]3CCCCCc3nc4ccc(OC(F)(F)F)cc4nc3O2)[C@@H]1C=O. The van der Waals surface area contributed by atoms with Crippen molar-refractivity contribution in [3.8, 4) is 11.6 Å². The lowest BCUT2D eigenvalue weighted by Gasteiger charge is -2.35. The second kappa shape index (κ2) is 13.0. The van der Waals surface area contributed by atoms with Gasteiger partial charge in [-0.05, 0) is 62.0 Å². The maximum Gasteiger partial charge on any atom is 0.573 e. The van der Waals surface area contributed by atoms with Gasteiger partial charge in [-0.3, -0.25) is 4.79 Å². The molecule has 1 saturated heterocycles. The molecule has 1 aromatic carbocycles. The first-order valence-corrected chi connectivity index (χ1v) is 15.7. The number of hydrogen-bond acceptors (Lipinski definition) is 8. The van der Waals surface area contributed by atoms with Gasteiger partial charge in [0.05, 0.1) is 23.6 Å². The molecule has 1 N–H and O–H groups in total. The van der Waals surface area contributed by atoms with Gasteiger partial charge in [-0.2, -0.15) is 0 Å². The molecule has 0 unspecified atom stereocenters. The topological polar surface area (TPSA) is 120 Å². The lowest BCUT2D eigenvalue weighted by atomic mass is 9.85. The van der Waals surface area contributed by atoms with Crippen molar-refractivity contribution in [1.29, 1.82) is 0 Å². The Bertz CT molecular complexity index is 1410. The van der Waals surface area contributed by atoms with Crippen molar-refractivity contribution in [3.05, 3.63) is 23.9 Å². The maximum atomic E-state index is 14.0. The zero-order valence-electron chi connectivity index (χ0n) is 26.1. The zero-order valence-corrected chi connectivity index (χ0v) is 26.1. The molecule has 2 amide bonds. The van der Waals surface area contributed by atoms with E-state index >= 15 is 0 Å². The van der Waals surface area contributed by atoms with Crippen LogP contribution in [0.3, 0.4) is 0 Å². The Morgan fingerprint density at radius 2 is 1.73 bits per heavy atom. The van der Waals surface area contributed by atoms with Crippen molar-refractivity contribution in [2.45, 2.75) is 110 Å². The summed E-state index contributed by atoms with van der Waals surface area (Å²) in [5, 5.41) is 2.80. The van der Waals surface area contributed by atoms with Crippen LogP contribution < -0.4 is 14.8 Å². The van der Waals surface area contributed by atoms with Crippen LogP contribution >= 0.6 is 0 Å². The van der Waals surface area contributed by atoms with Crippen molar-refractivity contribution >= 4 is 29.3 Å². The number of aldehydes is 1. The number of nitrogens with one attached hydrogen (secondary N) is 1. The molecule has 2 aliphatic heterocycles. The van der Waals surface area contributed by atoms with E-state index < -0.39 is 53.6 Å². The van der Waals surface area contributed by atoms with Crippen molar-refractivity contribution in [3.63, 3.8) is 0 Å². The van der Waals surface area contributed by atoms with Crippen LogP contribution in [0.2, 0.25) is 0 Å². The third-order valence-electron chi connectivity index (χ3n) is 9.16. The van der Waals surface area contributed by atoms with Crippen molar-refractivity contribution in [2.75, 3.05) is 6.54 Å². The van der Waals surface area contributed by atoms with Crippen LogP contribution in [0, 0.1) is 17.3 Å². The van der Waals surface area contributed by atoms with Crippen LogP contribution in [-0.4, -0.2) is 70.4 Å². The Morgan fingerprint density at radius 3 is 2.44 bits per heavy atom. The highest BCUT2D eigenvalue weighted by Gasteiger charge is 2.47. The lowest BCUT2D eigenvalue weighted by molar-refractivity contribution is -0.274. The van der Waals surface area contributed by atoms with Gasteiger partial charge in [0.15, 0.2) is 0 Å². The number of alkyl halides is 3. The molecule has 5 rings (SSSR count). The minimum absolute atomic E-state index is 0.0355. The number of alkyl carbamates (subject to hydrolysis) is 1. The molecule has 2 bridgehead atoms. The number of carbonyl (C=O) groups excluding carboxylic acids is 3. The molecule has 0 radical (unpaired) electrons. The lowest BCUT2D eigenvalue weighted by Crippen LogP contribution is -2.56. The molecule has 1 aromatic heterocycles. The summed E-state index contributed by atoms with van der Waals surface area (Å²) in [5.41, 5.74) is 0.404. The summed E-state index contributed by atoms with van der Waals surface area (Å²) in [6.07, 6.45) is 0.950. The summed E-state index contributed by atoms with van der Waals surface area (Å²) < 4.78 is 55.0. The predicted molar refractivity (Wildman–Crippen MR) is 158 cm³/mol. The Hall–Kier alpha value is -3.64. The van der Waals surface area contributed by atoms with E-state index in [1.165, 1.54) is 17.0 Å². The quantitative estimate of drug-likeness (QED) is 0.415. The molecule has 0 spiro atoms. The van der Waals surface area contributed by atoms with Gasteiger partial charge in [0.2, 0.25) is 11.8 Å². The van der Waals surface area contributed by atoms with E-state index in [0.29, 0.717) is 23.9 Å². The summed E-state index contributed by atoms with van der Waals surface area (Å²) in [6.45, 7) is 7.32. The van der Waals surface area contributed by atoms with Gasteiger partial charge in [-0.15, -0.1) is 13.2 Å². The number of aromatic nitrogens is 2. The molecule has 3 heterocycles. The number of nitrogens with zero attached hydrogens (tertiary/aromatic N) is 3. The van der Waals surface area contributed by atoms with Gasteiger partial charge < -0.3 is 29.2 Å². The average Bonchev–Trinajstić information content (AvgIpc) is 3.52. The third kappa shape index (κ3) is 7.61. The molecule has 45 heavy (non-hydrogen) atoms. The standard InChI is InChI=1S/C32H41F3N4O6/c1-18-24(17-40)39-16-26(18)43-28-22(36-21-14-13-20(15-23(21)37-28)45-32(33,34)35)11-7-5-6-9-19-10-8-12-25(19)44-30(42)38-27(29(39)41)31(2,3)4/h13-15,17-19,24-27H,5-12,16H2,1-4H3,(H,38,42)/t18-,19+,24+,25+,26-,27+/m0/s1. The number of aryl methyl sites for hydroxylation is 1. The number of amides is 2. The van der Waals surface area contributed by atoms with Gasteiger partial charge in [0, 0.05) is 12.0 Å². The van der Waals surface area contributed by atoms with Gasteiger partial charge in [-0.25, -0.2) is 14.8 Å². The van der Waals surface area contributed by atoms with E-state index in [9.17, 15) is 27.6 Å². The monoisotopic (exact) mass is 634 g/mol. The molecular weight excluding hydrogens is 593 g/mol. The normalized spacial score (nSPS) is 28.6. The summed E-state index contributed by atoms with van der Waals surface area (Å²) in [6, 6.07) is 1.97. The molecule has 2 aromatic rings. The fraction of sp³-hybridized carbons (Fsp3) is 0.656. The van der Waals surface area contributed by atoms with Crippen LogP contribution in [0.15, 0.2) is 18.2 Å². The van der Waals surface area contributed by atoms with Crippen LogP contribution in [0.5, 0.6) is 11.6 Å². The van der Waals surface area contributed by atoms with E-state index in [-0.39, 0.29) is 30.0 Å². The fourth-order valence-corrected chi connectivity index (χ4v) is 6.68. The Labute approximate surface area is 260 Å². The third-order valence-corrected chi connectivity index (χ3v) is 9.16. The molecule has 1 aliphatic carbocycles. The van der Waals surface area contributed by atoms with Crippen molar-refractivity contribution < 1.29 is 41.8 Å². The number of halogens is 3. The first-order chi connectivity index (χ1) is 21.2. The minimum Gasteiger partial charge on any atom is -0.471 e. The molecule has 1 saturated carbocycles. The number of hydrogen-bond donors (Lipinski definition) is 1. The van der Waals surface area contributed by atoms with Gasteiger partial charge in [-0.1, -0.05) is 40.5 Å². The van der Waals surface area contributed by atoms with Crippen molar-refractivity contribution in [1.82, 2.24) is 20.2 Å². The summed E-state index contributed by atoms with van der Waals surface area (Å²) in [4.78, 5) is 50.1. The highest BCUT2D eigenvalue weighted by molar-refractivity contribution is 5.89. The molecule has 13 heteroatoms. The molecular formula is C32H41F3N4O6. The van der Waals surface area contributed by atoms with Crippen LogP contribution in [0.4, 0.5) is 18.0 Å². The van der Waals surface area contributed by atoms with E-state index in [4.69, 9.17) is 14.5 Å². The average molecular weight is 635 g/mol.